The fourth-order valence-corrected chi connectivity index (χ4v) is 5.78. The summed E-state index contributed by atoms with van der Waals surface area (Å²) in [7, 11) is 0. The van der Waals surface area contributed by atoms with Crippen molar-refractivity contribution in [3.05, 3.63) is 17.8 Å². The van der Waals surface area contributed by atoms with Gasteiger partial charge in [-0.1, -0.05) is 0 Å². The quantitative estimate of drug-likeness (QED) is 0.731. The summed E-state index contributed by atoms with van der Waals surface area (Å²) in [5.41, 5.74) is 1.29. The molecule has 1 aromatic heterocycles. The molecule has 1 N–H and O–H groups in total. The second-order valence-corrected chi connectivity index (χ2v) is 9.97. The van der Waals surface area contributed by atoms with E-state index in [2.05, 4.69) is 20.1 Å². The molecule has 0 aromatic carbocycles. The number of hydrogen-bond donors (Lipinski definition) is 1. The van der Waals surface area contributed by atoms with Crippen LogP contribution in [-0.4, -0.2) is 74.4 Å². The van der Waals surface area contributed by atoms with Crippen LogP contribution >= 0.6 is 0 Å². The maximum atomic E-state index is 12.5. The molecule has 3 aliphatic heterocycles. The number of fused-ring (bicyclic) bond motifs is 1. The number of piperazine rings is 1. The maximum Gasteiger partial charge on any atom is 0.225 e. The zero-order valence-corrected chi connectivity index (χ0v) is 19.3. The lowest BCUT2D eigenvalue weighted by molar-refractivity contribution is -0.130. The van der Waals surface area contributed by atoms with Gasteiger partial charge >= 0.3 is 0 Å². The van der Waals surface area contributed by atoms with E-state index in [0.717, 1.165) is 89.0 Å². The van der Waals surface area contributed by atoms with Gasteiger partial charge in [0.05, 0.1) is 19.1 Å². The molecule has 1 aromatic rings. The van der Waals surface area contributed by atoms with Crippen LogP contribution < -0.4 is 15.0 Å². The van der Waals surface area contributed by atoms with E-state index in [1.54, 1.807) is 0 Å². The number of nitrogens with one attached hydrogen (secondary N) is 1. The van der Waals surface area contributed by atoms with Crippen molar-refractivity contribution >= 4 is 11.7 Å². The standard InChI is InChI=1S/C25H38N4O3/c30-25(20-2-1-16-31-18-20)27-21-5-3-19(4-6-21)8-11-28-12-14-29(15-13-28)24-22-9-17-32-23(22)7-10-26-24/h7,10,19-21H,1-6,8-9,11-18H2,(H,27,30). The van der Waals surface area contributed by atoms with Crippen LogP contribution in [-0.2, 0) is 16.0 Å². The van der Waals surface area contributed by atoms with E-state index in [1.807, 2.05) is 12.3 Å². The van der Waals surface area contributed by atoms with Gasteiger partial charge in [0, 0.05) is 57.0 Å². The number of aromatic nitrogens is 1. The number of rotatable bonds is 6. The molecule has 0 radical (unpaired) electrons. The van der Waals surface area contributed by atoms with Gasteiger partial charge in [0.1, 0.15) is 11.6 Å². The van der Waals surface area contributed by atoms with Crippen LogP contribution in [0, 0.1) is 11.8 Å². The van der Waals surface area contributed by atoms with Gasteiger partial charge in [0.25, 0.3) is 0 Å². The van der Waals surface area contributed by atoms with E-state index in [1.165, 1.54) is 31.4 Å². The molecule has 1 amide bonds. The van der Waals surface area contributed by atoms with Crippen molar-refractivity contribution in [3.8, 4) is 5.75 Å². The molecular formula is C25H38N4O3. The summed E-state index contributed by atoms with van der Waals surface area (Å²) >= 11 is 0. The number of carbonyl (C=O) groups excluding carboxylic acids is 1. The highest BCUT2D eigenvalue weighted by atomic mass is 16.5. The molecule has 0 spiro atoms. The second-order valence-electron chi connectivity index (χ2n) is 9.97. The van der Waals surface area contributed by atoms with Crippen LogP contribution in [0.3, 0.4) is 0 Å². The fraction of sp³-hybridized carbons (Fsp3) is 0.760. The predicted octanol–water partition coefficient (Wildman–Crippen LogP) is 2.63. The largest absolute Gasteiger partial charge is 0.493 e. The number of pyridine rings is 1. The Bertz CT molecular complexity index is 766. The molecule has 32 heavy (non-hydrogen) atoms. The lowest BCUT2D eigenvalue weighted by Gasteiger charge is -2.37. The first-order valence-electron chi connectivity index (χ1n) is 12.7. The molecule has 7 heteroatoms. The summed E-state index contributed by atoms with van der Waals surface area (Å²) in [6.07, 6.45) is 10.9. The summed E-state index contributed by atoms with van der Waals surface area (Å²) in [6.45, 7) is 7.71. The van der Waals surface area contributed by atoms with Gasteiger partial charge < -0.3 is 19.7 Å². The normalized spacial score (nSPS) is 28.8. The Labute approximate surface area is 191 Å². The Morgan fingerprint density at radius 2 is 1.94 bits per heavy atom. The third kappa shape index (κ3) is 5.20. The zero-order valence-electron chi connectivity index (χ0n) is 19.3. The third-order valence-electron chi connectivity index (χ3n) is 7.85. The highest BCUT2D eigenvalue weighted by Crippen LogP contribution is 2.32. The number of carbonyl (C=O) groups is 1. The number of amides is 1. The topological polar surface area (TPSA) is 66.9 Å². The van der Waals surface area contributed by atoms with Crippen LogP contribution in [0.5, 0.6) is 5.75 Å². The van der Waals surface area contributed by atoms with Crippen molar-refractivity contribution < 1.29 is 14.3 Å². The molecule has 5 rings (SSSR count). The smallest absolute Gasteiger partial charge is 0.225 e. The van der Waals surface area contributed by atoms with Crippen molar-refractivity contribution in [1.29, 1.82) is 0 Å². The lowest BCUT2D eigenvalue weighted by Crippen LogP contribution is -2.47. The number of anilines is 1. The first-order valence-corrected chi connectivity index (χ1v) is 12.7. The second kappa shape index (κ2) is 10.4. The summed E-state index contributed by atoms with van der Waals surface area (Å²) in [5.74, 6) is 3.25. The summed E-state index contributed by atoms with van der Waals surface area (Å²) in [4.78, 5) is 22.2. The molecule has 1 saturated carbocycles. The highest BCUT2D eigenvalue weighted by molar-refractivity contribution is 5.79. The Hall–Kier alpha value is -1.86. The summed E-state index contributed by atoms with van der Waals surface area (Å²) in [5, 5.41) is 3.30. The first kappa shape index (κ1) is 22.0. The minimum Gasteiger partial charge on any atom is -0.493 e. The van der Waals surface area contributed by atoms with Gasteiger partial charge in [0.15, 0.2) is 0 Å². The fourth-order valence-electron chi connectivity index (χ4n) is 5.78. The molecule has 4 aliphatic rings. The van der Waals surface area contributed by atoms with E-state index in [9.17, 15) is 4.79 Å². The first-order chi connectivity index (χ1) is 15.8. The number of nitrogens with zero attached hydrogens (tertiary/aromatic N) is 3. The van der Waals surface area contributed by atoms with Gasteiger partial charge in [-0.05, 0) is 63.5 Å². The van der Waals surface area contributed by atoms with Crippen molar-refractivity contribution in [1.82, 2.24) is 15.2 Å². The maximum absolute atomic E-state index is 12.5. The average Bonchev–Trinajstić information content (AvgIpc) is 3.34. The Kier molecular flexibility index (Phi) is 7.13. The van der Waals surface area contributed by atoms with Gasteiger partial charge in [0.2, 0.25) is 5.91 Å². The molecule has 1 aliphatic carbocycles. The minimum atomic E-state index is 0.0693. The van der Waals surface area contributed by atoms with Gasteiger partial charge in [-0.25, -0.2) is 4.98 Å². The highest BCUT2D eigenvalue weighted by Gasteiger charge is 2.28. The van der Waals surface area contributed by atoms with Crippen molar-refractivity contribution in [2.24, 2.45) is 11.8 Å². The van der Waals surface area contributed by atoms with Gasteiger partial charge in [-0.2, -0.15) is 0 Å². The van der Waals surface area contributed by atoms with Crippen molar-refractivity contribution in [2.45, 2.75) is 57.4 Å². The molecule has 1 atom stereocenters. The molecule has 7 nitrogen and oxygen atoms in total. The molecule has 3 fully saturated rings. The van der Waals surface area contributed by atoms with Crippen LogP contribution in [0.25, 0.3) is 0 Å². The van der Waals surface area contributed by atoms with Gasteiger partial charge in [-0.15, -0.1) is 0 Å². The Morgan fingerprint density at radius 3 is 2.72 bits per heavy atom. The number of ether oxygens (including phenoxy) is 2. The van der Waals surface area contributed by atoms with E-state index < -0.39 is 0 Å². The molecule has 2 saturated heterocycles. The summed E-state index contributed by atoms with van der Waals surface area (Å²) < 4.78 is 11.2. The molecule has 1 unspecified atom stereocenters. The monoisotopic (exact) mass is 442 g/mol. The van der Waals surface area contributed by atoms with Crippen LogP contribution in [0.4, 0.5) is 5.82 Å². The Balaban J connectivity index is 1.00. The third-order valence-corrected chi connectivity index (χ3v) is 7.85. The van der Waals surface area contributed by atoms with E-state index in [-0.39, 0.29) is 11.8 Å². The van der Waals surface area contributed by atoms with E-state index in [4.69, 9.17) is 9.47 Å². The molecular weight excluding hydrogens is 404 g/mol. The Morgan fingerprint density at radius 1 is 1.09 bits per heavy atom. The SMILES string of the molecule is O=C(NC1CCC(CCN2CCN(c3nccc4c3CCO4)CC2)CC1)C1CCCOC1. The zero-order chi connectivity index (χ0) is 21.8. The van der Waals surface area contributed by atoms with E-state index >= 15 is 0 Å². The van der Waals surface area contributed by atoms with Gasteiger partial charge in [-0.3, -0.25) is 9.69 Å². The average molecular weight is 443 g/mol. The molecule has 4 heterocycles. The van der Waals surface area contributed by atoms with Crippen LogP contribution in [0.15, 0.2) is 12.3 Å². The summed E-state index contributed by atoms with van der Waals surface area (Å²) in [6, 6.07) is 2.36. The number of hydrogen-bond acceptors (Lipinski definition) is 6. The predicted molar refractivity (Wildman–Crippen MR) is 124 cm³/mol. The van der Waals surface area contributed by atoms with Crippen LogP contribution in [0.1, 0.15) is 50.5 Å². The lowest BCUT2D eigenvalue weighted by atomic mass is 9.83. The van der Waals surface area contributed by atoms with Crippen molar-refractivity contribution in [2.75, 3.05) is 57.4 Å². The van der Waals surface area contributed by atoms with E-state index in [0.29, 0.717) is 12.6 Å². The van der Waals surface area contributed by atoms with Crippen molar-refractivity contribution in [3.63, 3.8) is 0 Å². The minimum absolute atomic E-state index is 0.0693. The van der Waals surface area contributed by atoms with Crippen LogP contribution in [0.2, 0.25) is 0 Å². The molecule has 0 bridgehead atoms. The molecule has 176 valence electrons.